The van der Waals surface area contributed by atoms with Crippen LogP contribution >= 0.6 is 0 Å². The quantitative estimate of drug-likeness (QED) is 0.915. The molecule has 1 atom stereocenters. The van der Waals surface area contributed by atoms with Crippen molar-refractivity contribution >= 4 is 5.69 Å². The molecule has 0 fully saturated rings. The maximum Gasteiger partial charge on any atom is 0.150 e. The maximum atomic E-state index is 13.9. The van der Waals surface area contributed by atoms with Gasteiger partial charge < -0.3 is 10.1 Å². The van der Waals surface area contributed by atoms with Gasteiger partial charge in [0.2, 0.25) is 0 Å². The van der Waals surface area contributed by atoms with Crippen LogP contribution in [0, 0.1) is 28.8 Å². The molecule has 0 saturated carbocycles. The molecule has 0 saturated heterocycles. The average Bonchev–Trinajstić information content (AvgIpc) is 2.50. The molecule has 0 bridgehead atoms. The third-order valence-electron chi connectivity index (χ3n) is 3.50. The lowest BCUT2D eigenvalue weighted by molar-refractivity contribution is 0.273. The lowest BCUT2D eigenvalue weighted by Gasteiger charge is -2.27. The summed E-state index contributed by atoms with van der Waals surface area (Å²) in [5, 5.41) is 11.4. The highest BCUT2D eigenvalue weighted by atomic mass is 19.1. The van der Waals surface area contributed by atoms with Crippen molar-refractivity contribution in [2.24, 2.45) is 0 Å². The first kappa shape index (κ1) is 14.3. The lowest BCUT2D eigenvalue weighted by atomic mass is 10.00. The molecule has 0 aliphatic carbocycles. The number of hydrogen-bond acceptors (Lipinski definition) is 3. The van der Waals surface area contributed by atoms with Crippen molar-refractivity contribution in [3.63, 3.8) is 0 Å². The van der Waals surface area contributed by atoms with Crippen molar-refractivity contribution in [2.45, 2.75) is 12.5 Å². The van der Waals surface area contributed by atoms with Gasteiger partial charge >= 0.3 is 0 Å². The fourth-order valence-corrected chi connectivity index (χ4v) is 2.47. The van der Waals surface area contributed by atoms with Gasteiger partial charge in [-0.25, -0.2) is 13.2 Å². The van der Waals surface area contributed by atoms with Crippen LogP contribution in [0.2, 0.25) is 0 Å². The van der Waals surface area contributed by atoms with E-state index in [1.807, 2.05) is 0 Å². The number of hydrogen-bond donors (Lipinski definition) is 1. The number of nitrogens with zero attached hydrogens (tertiary/aromatic N) is 1. The number of halogens is 3. The van der Waals surface area contributed by atoms with Gasteiger partial charge in [-0.05, 0) is 30.3 Å². The van der Waals surface area contributed by atoms with Crippen molar-refractivity contribution < 1.29 is 17.9 Å². The first-order valence-corrected chi connectivity index (χ1v) is 6.66. The molecular formula is C16H11F3N2O. The molecule has 1 aliphatic heterocycles. The topological polar surface area (TPSA) is 45.0 Å². The number of ether oxygens (including phenoxy) is 1. The zero-order valence-electron chi connectivity index (χ0n) is 11.4. The van der Waals surface area contributed by atoms with E-state index in [1.165, 1.54) is 18.2 Å². The Kier molecular flexibility index (Phi) is 3.63. The monoisotopic (exact) mass is 304 g/mol. The van der Waals surface area contributed by atoms with Crippen molar-refractivity contribution in [1.29, 1.82) is 5.26 Å². The summed E-state index contributed by atoms with van der Waals surface area (Å²) in [7, 11) is 0. The van der Waals surface area contributed by atoms with E-state index in [0.717, 1.165) is 12.1 Å². The van der Waals surface area contributed by atoms with E-state index in [2.05, 4.69) is 5.32 Å². The van der Waals surface area contributed by atoms with Crippen LogP contribution in [0.25, 0.3) is 0 Å². The van der Waals surface area contributed by atoms with Crippen LogP contribution in [0.3, 0.4) is 0 Å². The molecule has 2 aromatic carbocycles. The summed E-state index contributed by atoms with van der Waals surface area (Å²) in [6.07, 6.45) is 0.440. The Hall–Kier alpha value is -2.68. The average molecular weight is 304 g/mol. The van der Waals surface area contributed by atoms with Gasteiger partial charge in [-0.3, -0.25) is 0 Å². The van der Waals surface area contributed by atoms with Crippen LogP contribution < -0.4 is 10.1 Å². The molecular weight excluding hydrogens is 293 g/mol. The summed E-state index contributed by atoms with van der Waals surface area (Å²) in [6, 6.07) is 7.16. The van der Waals surface area contributed by atoms with Crippen molar-refractivity contribution in [2.75, 3.05) is 11.9 Å². The number of nitrogens with one attached hydrogen (secondary N) is 1. The summed E-state index contributed by atoms with van der Waals surface area (Å²) in [5.41, 5.74) is 0.0782. The first-order chi connectivity index (χ1) is 10.6. The predicted molar refractivity (Wildman–Crippen MR) is 73.9 cm³/mol. The Labute approximate surface area is 124 Å². The van der Waals surface area contributed by atoms with Gasteiger partial charge in [0.25, 0.3) is 0 Å². The van der Waals surface area contributed by atoms with E-state index in [0.29, 0.717) is 24.3 Å². The number of anilines is 1. The molecule has 1 N–H and O–H groups in total. The van der Waals surface area contributed by atoms with Crippen LogP contribution in [0.1, 0.15) is 23.6 Å². The van der Waals surface area contributed by atoms with Crippen LogP contribution in [-0.2, 0) is 0 Å². The Morgan fingerprint density at radius 2 is 1.86 bits per heavy atom. The number of rotatable bonds is 2. The lowest BCUT2D eigenvalue weighted by Crippen LogP contribution is -2.21. The SMILES string of the molecule is N#Cc1cc(F)c(NC2CCOc3ccc(F)cc32)c(F)c1. The largest absolute Gasteiger partial charge is 0.493 e. The standard InChI is InChI=1S/C16H11F3N2O/c17-10-1-2-15-11(7-10)14(3-4-22-15)21-16-12(18)5-9(8-20)6-13(16)19/h1-2,5-7,14,21H,3-4H2. The molecule has 0 aromatic heterocycles. The maximum absolute atomic E-state index is 13.9. The highest BCUT2D eigenvalue weighted by Crippen LogP contribution is 2.36. The molecule has 2 aromatic rings. The van der Waals surface area contributed by atoms with Gasteiger partial charge in [-0.2, -0.15) is 5.26 Å². The van der Waals surface area contributed by atoms with Gasteiger partial charge in [-0.15, -0.1) is 0 Å². The van der Waals surface area contributed by atoms with Gasteiger partial charge in [-0.1, -0.05) is 0 Å². The van der Waals surface area contributed by atoms with E-state index in [-0.39, 0.29) is 11.3 Å². The Balaban J connectivity index is 1.96. The van der Waals surface area contributed by atoms with E-state index < -0.39 is 23.5 Å². The second-order valence-corrected chi connectivity index (χ2v) is 4.94. The summed E-state index contributed by atoms with van der Waals surface area (Å²) >= 11 is 0. The second kappa shape index (κ2) is 5.60. The Morgan fingerprint density at radius 3 is 2.55 bits per heavy atom. The number of fused-ring (bicyclic) bond motifs is 1. The molecule has 1 unspecified atom stereocenters. The van der Waals surface area contributed by atoms with Crippen molar-refractivity contribution in [3.8, 4) is 11.8 Å². The molecule has 22 heavy (non-hydrogen) atoms. The third kappa shape index (κ3) is 2.58. The summed E-state index contributed by atoms with van der Waals surface area (Å²) in [4.78, 5) is 0. The molecule has 0 amide bonds. The van der Waals surface area contributed by atoms with Crippen molar-refractivity contribution in [1.82, 2.24) is 0 Å². The number of benzene rings is 2. The normalized spacial score (nSPS) is 16.4. The fourth-order valence-electron chi connectivity index (χ4n) is 2.47. The van der Waals surface area contributed by atoms with E-state index in [9.17, 15) is 13.2 Å². The predicted octanol–water partition coefficient (Wildman–Crippen LogP) is 3.91. The highest BCUT2D eigenvalue weighted by Gasteiger charge is 2.24. The highest BCUT2D eigenvalue weighted by molar-refractivity contribution is 5.53. The summed E-state index contributed by atoms with van der Waals surface area (Å²) in [6.45, 7) is 0.357. The summed E-state index contributed by atoms with van der Waals surface area (Å²) < 4.78 is 46.7. The van der Waals surface area contributed by atoms with Gasteiger partial charge in [0, 0.05) is 12.0 Å². The Morgan fingerprint density at radius 1 is 1.14 bits per heavy atom. The minimum atomic E-state index is -0.860. The minimum Gasteiger partial charge on any atom is -0.493 e. The Bertz CT molecular complexity index is 747. The smallest absolute Gasteiger partial charge is 0.150 e. The first-order valence-electron chi connectivity index (χ1n) is 6.66. The molecule has 1 heterocycles. The van der Waals surface area contributed by atoms with Crippen LogP contribution in [-0.4, -0.2) is 6.61 Å². The van der Waals surface area contributed by atoms with Gasteiger partial charge in [0.15, 0.2) is 11.6 Å². The molecule has 112 valence electrons. The van der Waals surface area contributed by atoms with Crippen molar-refractivity contribution in [3.05, 3.63) is 58.9 Å². The summed E-state index contributed by atoms with van der Waals surface area (Å²) in [5.74, 6) is -1.68. The van der Waals surface area contributed by atoms with Crippen LogP contribution in [0.4, 0.5) is 18.9 Å². The third-order valence-corrected chi connectivity index (χ3v) is 3.50. The molecule has 0 radical (unpaired) electrons. The van der Waals surface area contributed by atoms with Crippen LogP contribution in [0.5, 0.6) is 5.75 Å². The molecule has 0 spiro atoms. The van der Waals surface area contributed by atoms with Gasteiger partial charge in [0.1, 0.15) is 17.3 Å². The fraction of sp³-hybridized carbons (Fsp3) is 0.188. The second-order valence-electron chi connectivity index (χ2n) is 4.94. The van der Waals surface area contributed by atoms with Gasteiger partial charge in [0.05, 0.1) is 24.3 Å². The van der Waals surface area contributed by atoms with Crippen LogP contribution in [0.15, 0.2) is 30.3 Å². The minimum absolute atomic E-state index is 0.0982. The molecule has 6 heteroatoms. The van der Waals surface area contributed by atoms with E-state index in [4.69, 9.17) is 10.00 Å². The molecule has 3 nitrogen and oxygen atoms in total. The molecule has 3 rings (SSSR count). The van der Waals surface area contributed by atoms with E-state index >= 15 is 0 Å². The van der Waals surface area contributed by atoms with E-state index in [1.54, 1.807) is 6.07 Å². The number of nitriles is 1. The molecule has 1 aliphatic rings. The zero-order chi connectivity index (χ0) is 15.7. The zero-order valence-corrected chi connectivity index (χ0v) is 11.4.